The molecule has 0 aliphatic carbocycles. The SMILES string of the molecule is CC(C)C1=C(C(=O)S)N2C(=O)[C@@H]([C@H](C)O)[C@H]2S1. The highest BCUT2D eigenvalue weighted by molar-refractivity contribution is 8.04. The minimum Gasteiger partial charge on any atom is -0.392 e. The van der Waals surface area contributed by atoms with Crippen LogP contribution >= 0.6 is 24.4 Å². The van der Waals surface area contributed by atoms with E-state index in [1.165, 1.54) is 16.7 Å². The van der Waals surface area contributed by atoms with Gasteiger partial charge in [0.1, 0.15) is 11.1 Å². The number of carbonyl (C=O) groups excluding carboxylic acids is 2. The molecule has 2 aliphatic heterocycles. The first-order chi connectivity index (χ1) is 7.86. The molecule has 0 unspecified atom stereocenters. The second-order valence-electron chi connectivity index (χ2n) is 4.66. The molecule has 1 saturated heterocycles. The zero-order valence-corrected chi connectivity index (χ0v) is 11.6. The average molecular weight is 273 g/mol. The minimum absolute atomic E-state index is 0.133. The first-order valence-corrected chi connectivity index (χ1v) is 6.84. The van der Waals surface area contributed by atoms with Crippen LogP contribution in [0.5, 0.6) is 0 Å². The van der Waals surface area contributed by atoms with Crippen molar-refractivity contribution in [1.29, 1.82) is 0 Å². The van der Waals surface area contributed by atoms with E-state index in [0.29, 0.717) is 5.70 Å². The van der Waals surface area contributed by atoms with Crippen molar-refractivity contribution in [1.82, 2.24) is 4.90 Å². The molecule has 0 saturated carbocycles. The summed E-state index contributed by atoms with van der Waals surface area (Å²) in [5, 5.41) is 9.05. The van der Waals surface area contributed by atoms with Crippen LogP contribution in [0.3, 0.4) is 0 Å². The van der Waals surface area contributed by atoms with Crippen LogP contribution in [0.25, 0.3) is 0 Å². The Bertz CT molecular complexity index is 417. The van der Waals surface area contributed by atoms with E-state index in [4.69, 9.17) is 0 Å². The van der Waals surface area contributed by atoms with Gasteiger partial charge in [-0.05, 0) is 12.8 Å². The van der Waals surface area contributed by atoms with E-state index in [-0.39, 0.29) is 22.3 Å². The van der Waals surface area contributed by atoms with Gasteiger partial charge in [0.2, 0.25) is 11.0 Å². The Labute approximate surface area is 110 Å². The van der Waals surface area contributed by atoms with Crippen molar-refractivity contribution >= 4 is 35.4 Å². The third-order valence-corrected chi connectivity index (χ3v) is 4.93. The molecular weight excluding hydrogens is 258 g/mol. The molecule has 1 N–H and O–H groups in total. The Kier molecular flexibility index (Phi) is 3.31. The van der Waals surface area contributed by atoms with Crippen molar-refractivity contribution in [3.63, 3.8) is 0 Å². The number of rotatable bonds is 3. The standard InChI is InChI=1S/C11H15NO3S2/c1-4(2)8-7(11(15)16)12-9(14)6(5(3)13)10(12)17-8/h4-6,10,13H,1-3H3,(H,15,16)/t5-,6+,10+/m0/s1. The van der Waals surface area contributed by atoms with Gasteiger partial charge in [0, 0.05) is 4.91 Å². The van der Waals surface area contributed by atoms with Gasteiger partial charge in [0.15, 0.2) is 0 Å². The number of β-lactam (4-membered cyclic amide) rings is 1. The van der Waals surface area contributed by atoms with Gasteiger partial charge in [-0.15, -0.1) is 11.8 Å². The summed E-state index contributed by atoms with van der Waals surface area (Å²) < 4.78 is 0. The topological polar surface area (TPSA) is 57.6 Å². The highest BCUT2D eigenvalue weighted by Crippen LogP contribution is 2.52. The Morgan fingerprint density at radius 2 is 2.06 bits per heavy atom. The maximum Gasteiger partial charge on any atom is 0.236 e. The van der Waals surface area contributed by atoms with Gasteiger partial charge < -0.3 is 5.11 Å². The number of hydrogen-bond acceptors (Lipinski definition) is 4. The van der Waals surface area contributed by atoms with E-state index in [1.54, 1.807) is 6.92 Å². The smallest absolute Gasteiger partial charge is 0.236 e. The molecular formula is C11H15NO3S2. The fourth-order valence-electron chi connectivity index (χ4n) is 2.22. The van der Waals surface area contributed by atoms with Crippen LogP contribution in [0.15, 0.2) is 10.6 Å². The largest absolute Gasteiger partial charge is 0.392 e. The van der Waals surface area contributed by atoms with Gasteiger partial charge in [-0.1, -0.05) is 26.5 Å². The maximum absolute atomic E-state index is 11.9. The quantitative estimate of drug-likeness (QED) is 0.600. The molecule has 0 aromatic rings. The summed E-state index contributed by atoms with van der Waals surface area (Å²) in [5.74, 6) is -0.399. The molecule has 2 aliphatic rings. The van der Waals surface area contributed by atoms with Crippen LogP contribution < -0.4 is 0 Å². The average Bonchev–Trinajstić information content (AvgIpc) is 2.52. The van der Waals surface area contributed by atoms with Crippen molar-refractivity contribution in [3.8, 4) is 0 Å². The highest BCUT2D eigenvalue weighted by atomic mass is 32.2. The predicted molar refractivity (Wildman–Crippen MR) is 69.3 cm³/mol. The van der Waals surface area contributed by atoms with Gasteiger partial charge in [-0.25, -0.2) is 0 Å². The van der Waals surface area contributed by atoms with Gasteiger partial charge in [-0.2, -0.15) is 0 Å². The normalized spacial score (nSPS) is 29.5. The predicted octanol–water partition coefficient (Wildman–Crippen LogP) is 1.22. The molecule has 2 heterocycles. The number of amides is 1. The Morgan fingerprint density at radius 1 is 1.47 bits per heavy atom. The van der Waals surface area contributed by atoms with Gasteiger partial charge in [0.05, 0.1) is 12.0 Å². The van der Waals surface area contributed by atoms with Gasteiger partial charge in [0.25, 0.3) is 0 Å². The fourth-order valence-corrected chi connectivity index (χ4v) is 4.16. The summed E-state index contributed by atoms with van der Waals surface area (Å²) in [5.41, 5.74) is 0.403. The molecule has 0 aromatic heterocycles. The van der Waals surface area contributed by atoms with Crippen molar-refractivity contribution in [2.45, 2.75) is 32.2 Å². The van der Waals surface area contributed by atoms with Crippen LogP contribution in [0.1, 0.15) is 20.8 Å². The molecule has 6 heteroatoms. The van der Waals surface area contributed by atoms with Crippen molar-refractivity contribution < 1.29 is 14.7 Å². The number of hydrogen-bond donors (Lipinski definition) is 2. The number of nitrogens with zero attached hydrogens (tertiary/aromatic N) is 1. The third kappa shape index (κ3) is 1.82. The lowest BCUT2D eigenvalue weighted by Crippen LogP contribution is -2.60. The van der Waals surface area contributed by atoms with E-state index in [0.717, 1.165) is 4.91 Å². The number of thiol groups is 1. The summed E-state index contributed by atoms with van der Waals surface area (Å²) in [6.07, 6.45) is -0.681. The van der Waals surface area contributed by atoms with E-state index in [2.05, 4.69) is 12.6 Å². The third-order valence-electron chi connectivity index (χ3n) is 3.05. The molecule has 17 heavy (non-hydrogen) atoms. The van der Waals surface area contributed by atoms with Gasteiger partial charge >= 0.3 is 0 Å². The molecule has 2 rings (SSSR count). The second kappa shape index (κ2) is 4.33. The zero-order chi connectivity index (χ0) is 12.9. The van der Waals surface area contributed by atoms with E-state index >= 15 is 0 Å². The molecule has 94 valence electrons. The van der Waals surface area contributed by atoms with Crippen LogP contribution in [0.2, 0.25) is 0 Å². The fraction of sp³-hybridized carbons (Fsp3) is 0.636. The summed E-state index contributed by atoms with van der Waals surface area (Å²) in [7, 11) is 0. The summed E-state index contributed by atoms with van der Waals surface area (Å²) in [4.78, 5) is 25.8. The monoisotopic (exact) mass is 273 g/mol. The molecule has 1 fully saturated rings. The van der Waals surface area contributed by atoms with E-state index in [9.17, 15) is 14.7 Å². The lowest BCUT2D eigenvalue weighted by Gasteiger charge is -2.43. The second-order valence-corrected chi connectivity index (χ2v) is 6.22. The molecule has 0 bridgehead atoms. The Balaban J connectivity index is 2.33. The first-order valence-electron chi connectivity index (χ1n) is 5.51. The number of aliphatic hydroxyl groups excluding tert-OH is 1. The molecule has 4 nitrogen and oxygen atoms in total. The van der Waals surface area contributed by atoms with Crippen molar-refractivity contribution in [3.05, 3.63) is 10.6 Å². The number of fused-ring (bicyclic) bond motifs is 1. The zero-order valence-electron chi connectivity index (χ0n) is 9.88. The number of aliphatic hydroxyl groups is 1. The molecule has 1 amide bonds. The maximum atomic E-state index is 11.9. The van der Waals surface area contributed by atoms with E-state index in [1.807, 2.05) is 13.8 Å². The van der Waals surface area contributed by atoms with Crippen LogP contribution in [-0.2, 0) is 9.59 Å². The summed E-state index contributed by atoms with van der Waals surface area (Å²) in [6.45, 7) is 5.57. The lowest BCUT2D eigenvalue weighted by atomic mass is 9.92. The number of thioether (sulfide) groups is 1. The lowest BCUT2D eigenvalue weighted by molar-refractivity contribution is -0.153. The Hall–Kier alpha value is -0.460. The minimum atomic E-state index is -0.681. The van der Waals surface area contributed by atoms with E-state index < -0.39 is 12.0 Å². The van der Waals surface area contributed by atoms with Crippen molar-refractivity contribution in [2.24, 2.45) is 11.8 Å². The van der Waals surface area contributed by atoms with Crippen LogP contribution in [0, 0.1) is 11.8 Å². The van der Waals surface area contributed by atoms with Crippen molar-refractivity contribution in [2.75, 3.05) is 0 Å². The molecule has 0 aromatic carbocycles. The molecule has 0 radical (unpaired) electrons. The molecule has 0 spiro atoms. The number of allylic oxidation sites excluding steroid dienone is 1. The van der Waals surface area contributed by atoms with Gasteiger partial charge in [-0.3, -0.25) is 14.5 Å². The number of carbonyl (C=O) groups is 2. The van der Waals surface area contributed by atoms with Crippen LogP contribution in [-0.4, -0.2) is 32.5 Å². The summed E-state index contributed by atoms with van der Waals surface area (Å²) >= 11 is 5.34. The molecule has 3 atom stereocenters. The van der Waals surface area contributed by atoms with Crippen LogP contribution in [0.4, 0.5) is 0 Å². The highest BCUT2D eigenvalue weighted by Gasteiger charge is 2.57. The Morgan fingerprint density at radius 3 is 2.47 bits per heavy atom. The summed E-state index contributed by atoms with van der Waals surface area (Å²) in [6, 6.07) is 0. The first kappa shape index (κ1) is 13.0.